The number of carbonyl (C=O) groups is 1. The Morgan fingerprint density at radius 3 is 2.38 bits per heavy atom. The fourth-order valence-corrected chi connectivity index (χ4v) is 3.38. The summed E-state index contributed by atoms with van der Waals surface area (Å²) in [5.41, 5.74) is 1.40. The molecule has 1 unspecified atom stereocenters. The molecular formula is C18H26N2O. The van der Waals surface area contributed by atoms with Crippen LogP contribution in [-0.2, 0) is 11.2 Å². The molecule has 0 N–H and O–H groups in total. The Morgan fingerprint density at radius 1 is 1.14 bits per heavy atom. The largest absolute Gasteiger partial charge is 0.340 e. The number of benzene rings is 1. The Labute approximate surface area is 127 Å². The molecule has 1 amide bonds. The van der Waals surface area contributed by atoms with E-state index in [2.05, 4.69) is 47.1 Å². The van der Waals surface area contributed by atoms with Crippen molar-refractivity contribution in [2.75, 3.05) is 26.2 Å². The monoisotopic (exact) mass is 286 g/mol. The van der Waals surface area contributed by atoms with Crippen molar-refractivity contribution < 1.29 is 4.79 Å². The third kappa shape index (κ3) is 3.46. The van der Waals surface area contributed by atoms with Gasteiger partial charge in [0.15, 0.2) is 0 Å². The minimum Gasteiger partial charge on any atom is -0.340 e. The average molecular weight is 286 g/mol. The molecule has 1 aliphatic carbocycles. The van der Waals surface area contributed by atoms with Crippen molar-refractivity contribution in [1.82, 2.24) is 9.80 Å². The third-order valence-corrected chi connectivity index (χ3v) is 5.08. The minimum absolute atomic E-state index is 0.346. The van der Waals surface area contributed by atoms with Gasteiger partial charge in [-0.05, 0) is 31.7 Å². The first-order valence-corrected chi connectivity index (χ1v) is 8.31. The predicted octanol–water partition coefficient (Wildman–Crippen LogP) is 2.56. The van der Waals surface area contributed by atoms with Crippen LogP contribution in [0.3, 0.4) is 0 Å². The summed E-state index contributed by atoms with van der Waals surface area (Å²) in [6, 6.07) is 11.2. The lowest BCUT2D eigenvalue weighted by molar-refractivity contribution is -0.140. The molecule has 3 heteroatoms. The topological polar surface area (TPSA) is 23.6 Å². The first-order valence-electron chi connectivity index (χ1n) is 8.31. The summed E-state index contributed by atoms with van der Waals surface area (Å²) < 4.78 is 0. The van der Waals surface area contributed by atoms with E-state index in [9.17, 15) is 4.79 Å². The van der Waals surface area contributed by atoms with Gasteiger partial charge in [0.25, 0.3) is 0 Å². The molecule has 1 saturated heterocycles. The summed E-state index contributed by atoms with van der Waals surface area (Å²) >= 11 is 0. The Morgan fingerprint density at radius 2 is 1.81 bits per heavy atom. The van der Waals surface area contributed by atoms with Crippen molar-refractivity contribution in [3.05, 3.63) is 35.9 Å². The zero-order valence-corrected chi connectivity index (χ0v) is 13.0. The second-order valence-corrected chi connectivity index (χ2v) is 6.53. The molecular weight excluding hydrogens is 260 g/mol. The van der Waals surface area contributed by atoms with Crippen LogP contribution in [-0.4, -0.2) is 47.9 Å². The van der Waals surface area contributed by atoms with E-state index in [0.717, 1.165) is 45.4 Å². The lowest BCUT2D eigenvalue weighted by Gasteiger charge is -2.40. The zero-order chi connectivity index (χ0) is 14.7. The van der Waals surface area contributed by atoms with Crippen LogP contribution in [0.4, 0.5) is 0 Å². The van der Waals surface area contributed by atoms with Crippen LogP contribution in [0, 0.1) is 5.92 Å². The molecule has 114 valence electrons. The summed E-state index contributed by atoms with van der Waals surface area (Å²) in [5.74, 6) is 0.759. The summed E-state index contributed by atoms with van der Waals surface area (Å²) in [7, 11) is 0. The van der Waals surface area contributed by atoms with Crippen LogP contribution >= 0.6 is 0 Å². The third-order valence-electron chi connectivity index (χ3n) is 5.08. The van der Waals surface area contributed by atoms with Crippen LogP contribution in [0.2, 0.25) is 0 Å². The van der Waals surface area contributed by atoms with Crippen molar-refractivity contribution in [2.45, 2.75) is 38.6 Å². The fraction of sp³-hybridized carbons (Fsp3) is 0.611. The van der Waals surface area contributed by atoms with Gasteiger partial charge in [-0.1, -0.05) is 36.8 Å². The highest BCUT2D eigenvalue weighted by molar-refractivity contribution is 5.79. The molecule has 3 nitrogen and oxygen atoms in total. The van der Waals surface area contributed by atoms with E-state index in [1.807, 2.05) is 0 Å². The highest BCUT2D eigenvalue weighted by Gasteiger charge is 2.31. The summed E-state index contributed by atoms with van der Waals surface area (Å²) in [4.78, 5) is 16.9. The molecule has 0 bridgehead atoms. The number of piperazine rings is 1. The summed E-state index contributed by atoms with van der Waals surface area (Å²) in [5, 5.41) is 0. The maximum Gasteiger partial charge on any atom is 0.225 e. The van der Waals surface area contributed by atoms with E-state index < -0.39 is 0 Å². The van der Waals surface area contributed by atoms with E-state index in [-0.39, 0.29) is 0 Å². The first-order chi connectivity index (χ1) is 10.2. The van der Waals surface area contributed by atoms with Crippen LogP contribution < -0.4 is 0 Å². The van der Waals surface area contributed by atoms with Gasteiger partial charge in [0.2, 0.25) is 5.91 Å². The SMILES string of the molecule is CC(Cc1ccccc1)N1CCN(C(=O)C2CCC2)CC1. The Kier molecular flexibility index (Phi) is 4.59. The maximum atomic E-state index is 12.3. The number of hydrogen-bond acceptors (Lipinski definition) is 2. The normalized spacial score (nSPS) is 21.9. The molecule has 1 heterocycles. The molecule has 1 aromatic carbocycles. The van der Waals surface area contributed by atoms with Crippen molar-refractivity contribution in [3.8, 4) is 0 Å². The molecule has 1 saturated carbocycles. The number of nitrogens with zero attached hydrogens (tertiary/aromatic N) is 2. The van der Waals surface area contributed by atoms with Crippen molar-refractivity contribution in [3.63, 3.8) is 0 Å². The van der Waals surface area contributed by atoms with Crippen LogP contribution in [0.1, 0.15) is 31.7 Å². The second kappa shape index (κ2) is 6.61. The Hall–Kier alpha value is -1.35. The van der Waals surface area contributed by atoms with Gasteiger partial charge in [-0.25, -0.2) is 0 Å². The lowest BCUT2D eigenvalue weighted by atomic mass is 9.84. The summed E-state index contributed by atoms with van der Waals surface area (Å²) in [6.45, 7) is 6.16. The minimum atomic E-state index is 0.346. The van der Waals surface area contributed by atoms with Crippen molar-refractivity contribution in [2.24, 2.45) is 5.92 Å². The van der Waals surface area contributed by atoms with E-state index in [4.69, 9.17) is 0 Å². The molecule has 1 aromatic rings. The zero-order valence-electron chi connectivity index (χ0n) is 13.0. The number of carbonyl (C=O) groups excluding carboxylic acids is 1. The second-order valence-electron chi connectivity index (χ2n) is 6.53. The van der Waals surface area contributed by atoms with Gasteiger partial charge < -0.3 is 4.90 Å². The van der Waals surface area contributed by atoms with Crippen molar-refractivity contribution >= 4 is 5.91 Å². The molecule has 1 atom stereocenters. The van der Waals surface area contributed by atoms with Crippen molar-refractivity contribution in [1.29, 1.82) is 0 Å². The standard InChI is InChI=1S/C18H26N2O/c1-15(14-16-6-3-2-4-7-16)19-10-12-20(13-11-19)18(21)17-8-5-9-17/h2-4,6-7,15,17H,5,8-14H2,1H3. The molecule has 21 heavy (non-hydrogen) atoms. The first kappa shape index (κ1) is 14.6. The quantitative estimate of drug-likeness (QED) is 0.849. The van der Waals surface area contributed by atoms with Crippen LogP contribution in [0.15, 0.2) is 30.3 Å². The smallest absolute Gasteiger partial charge is 0.225 e. The average Bonchev–Trinajstić information content (AvgIpc) is 2.46. The Bertz CT molecular complexity index is 461. The Balaban J connectivity index is 1.47. The molecule has 3 rings (SSSR count). The van der Waals surface area contributed by atoms with E-state index in [0.29, 0.717) is 17.9 Å². The van der Waals surface area contributed by atoms with Gasteiger partial charge in [0, 0.05) is 38.1 Å². The van der Waals surface area contributed by atoms with Gasteiger partial charge in [-0.15, -0.1) is 0 Å². The fourth-order valence-electron chi connectivity index (χ4n) is 3.38. The number of rotatable bonds is 4. The van der Waals surface area contributed by atoms with Crippen LogP contribution in [0.25, 0.3) is 0 Å². The van der Waals surface area contributed by atoms with E-state index >= 15 is 0 Å². The molecule has 0 radical (unpaired) electrons. The molecule has 1 aliphatic heterocycles. The summed E-state index contributed by atoms with van der Waals surface area (Å²) in [6.07, 6.45) is 4.56. The number of amides is 1. The van der Waals surface area contributed by atoms with Gasteiger partial charge in [0.05, 0.1) is 0 Å². The van der Waals surface area contributed by atoms with Gasteiger partial charge >= 0.3 is 0 Å². The highest BCUT2D eigenvalue weighted by atomic mass is 16.2. The van der Waals surface area contributed by atoms with Crippen LogP contribution in [0.5, 0.6) is 0 Å². The molecule has 0 spiro atoms. The maximum absolute atomic E-state index is 12.3. The molecule has 0 aromatic heterocycles. The van der Waals surface area contributed by atoms with Gasteiger partial charge in [0.1, 0.15) is 0 Å². The molecule has 2 fully saturated rings. The number of hydrogen-bond donors (Lipinski definition) is 0. The van der Waals surface area contributed by atoms with E-state index in [1.165, 1.54) is 12.0 Å². The van der Waals surface area contributed by atoms with Gasteiger partial charge in [-0.3, -0.25) is 9.69 Å². The van der Waals surface area contributed by atoms with Gasteiger partial charge in [-0.2, -0.15) is 0 Å². The van der Waals surface area contributed by atoms with E-state index in [1.54, 1.807) is 0 Å². The molecule has 2 aliphatic rings. The lowest BCUT2D eigenvalue weighted by Crippen LogP contribution is -2.53. The predicted molar refractivity (Wildman–Crippen MR) is 85.1 cm³/mol. The highest BCUT2D eigenvalue weighted by Crippen LogP contribution is 2.28.